The molecule has 0 atom stereocenters. The minimum Gasteiger partial charge on any atom is -0.382 e. The monoisotopic (exact) mass is 330 g/mol. The van der Waals surface area contributed by atoms with Gasteiger partial charge in [0.2, 0.25) is 5.91 Å². The molecule has 0 saturated heterocycles. The van der Waals surface area contributed by atoms with Gasteiger partial charge in [0, 0.05) is 16.7 Å². The van der Waals surface area contributed by atoms with E-state index >= 15 is 0 Å². The predicted molar refractivity (Wildman–Crippen MR) is 69.3 cm³/mol. The van der Waals surface area contributed by atoms with E-state index < -0.39 is 17.5 Å². The number of carbonyl (C=O) groups excluding carboxylic acids is 1. The van der Waals surface area contributed by atoms with Crippen LogP contribution in [0.5, 0.6) is 0 Å². The fourth-order valence-corrected chi connectivity index (χ4v) is 1.96. The molecule has 1 amide bonds. The van der Waals surface area contributed by atoms with Gasteiger partial charge in [-0.15, -0.1) is 0 Å². The predicted octanol–water partition coefficient (Wildman–Crippen LogP) is 2.14. The van der Waals surface area contributed by atoms with Gasteiger partial charge in [-0.1, -0.05) is 0 Å². The second kappa shape index (κ2) is 5.35. The summed E-state index contributed by atoms with van der Waals surface area (Å²) >= 11 is 2.98. The van der Waals surface area contributed by atoms with Gasteiger partial charge in [-0.2, -0.15) is 5.10 Å². The Hall–Kier alpha value is -1.96. The summed E-state index contributed by atoms with van der Waals surface area (Å²) in [4.78, 5) is 11.7. The highest BCUT2D eigenvalue weighted by Gasteiger charge is 2.13. The standard InChI is InChI=1S/C11H9BrF2N4O/c12-7-3-6(13)4-8(14)11(7)16-10(19)5-18-2-1-9(15)17-18/h1-4H,5H2,(H2,15,17)(H,16,19). The molecular weight excluding hydrogens is 322 g/mol. The second-order valence-corrected chi connectivity index (χ2v) is 4.59. The lowest BCUT2D eigenvalue weighted by molar-refractivity contribution is -0.116. The van der Waals surface area contributed by atoms with Crippen molar-refractivity contribution in [2.24, 2.45) is 0 Å². The van der Waals surface area contributed by atoms with Crippen molar-refractivity contribution in [3.05, 3.63) is 40.5 Å². The van der Waals surface area contributed by atoms with E-state index in [1.807, 2.05) is 0 Å². The van der Waals surface area contributed by atoms with Crippen molar-refractivity contribution < 1.29 is 13.6 Å². The van der Waals surface area contributed by atoms with Crippen LogP contribution in [0.15, 0.2) is 28.9 Å². The van der Waals surface area contributed by atoms with Gasteiger partial charge in [0.25, 0.3) is 0 Å². The van der Waals surface area contributed by atoms with Gasteiger partial charge in [-0.3, -0.25) is 9.48 Å². The number of anilines is 2. The van der Waals surface area contributed by atoms with E-state index in [4.69, 9.17) is 5.73 Å². The second-order valence-electron chi connectivity index (χ2n) is 3.73. The van der Waals surface area contributed by atoms with Crippen LogP contribution in [0.2, 0.25) is 0 Å². The fraction of sp³-hybridized carbons (Fsp3) is 0.0909. The maximum atomic E-state index is 13.5. The van der Waals surface area contributed by atoms with E-state index in [-0.39, 0.29) is 22.5 Å². The van der Waals surface area contributed by atoms with Gasteiger partial charge in [-0.05, 0) is 28.1 Å². The molecule has 0 unspecified atom stereocenters. The first-order chi connectivity index (χ1) is 8.95. The average Bonchev–Trinajstić information content (AvgIpc) is 2.69. The molecule has 0 radical (unpaired) electrons. The molecule has 3 N–H and O–H groups in total. The van der Waals surface area contributed by atoms with Gasteiger partial charge in [0.1, 0.15) is 18.2 Å². The normalized spacial score (nSPS) is 10.5. The van der Waals surface area contributed by atoms with Gasteiger partial charge in [0.05, 0.1) is 5.69 Å². The molecule has 2 aromatic rings. The summed E-state index contributed by atoms with van der Waals surface area (Å²) in [7, 11) is 0. The molecule has 0 saturated carbocycles. The number of nitrogen functional groups attached to an aromatic ring is 1. The number of hydrogen-bond donors (Lipinski definition) is 2. The number of aromatic nitrogens is 2. The number of halogens is 3. The van der Waals surface area contributed by atoms with Gasteiger partial charge >= 0.3 is 0 Å². The first kappa shape index (κ1) is 13.5. The van der Waals surface area contributed by atoms with Crippen LogP contribution in [-0.2, 0) is 11.3 Å². The lowest BCUT2D eigenvalue weighted by Gasteiger charge is -2.08. The molecule has 8 heteroatoms. The highest BCUT2D eigenvalue weighted by atomic mass is 79.9. The topological polar surface area (TPSA) is 72.9 Å². The number of rotatable bonds is 3. The molecule has 0 aliphatic rings. The maximum Gasteiger partial charge on any atom is 0.246 e. The third-order valence-electron chi connectivity index (χ3n) is 2.24. The molecule has 1 aromatic heterocycles. The van der Waals surface area contributed by atoms with Crippen LogP contribution >= 0.6 is 15.9 Å². The van der Waals surface area contributed by atoms with Crippen LogP contribution in [0.25, 0.3) is 0 Å². The van der Waals surface area contributed by atoms with Crippen molar-refractivity contribution >= 4 is 33.3 Å². The van der Waals surface area contributed by atoms with E-state index in [1.54, 1.807) is 0 Å². The molecule has 1 heterocycles. The zero-order chi connectivity index (χ0) is 14.0. The molecule has 100 valence electrons. The Labute approximate surface area is 115 Å². The van der Waals surface area contributed by atoms with Crippen LogP contribution in [0.3, 0.4) is 0 Å². The number of nitrogens with zero attached hydrogens (tertiary/aromatic N) is 2. The quantitative estimate of drug-likeness (QED) is 0.905. The third kappa shape index (κ3) is 3.28. The zero-order valence-electron chi connectivity index (χ0n) is 9.53. The summed E-state index contributed by atoms with van der Waals surface area (Å²) in [5.74, 6) is -1.82. The van der Waals surface area contributed by atoms with Crippen LogP contribution in [-0.4, -0.2) is 15.7 Å². The van der Waals surface area contributed by atoms with E-state index in [1.165, 1.54) is 16.9 Å². The first-order valence-corrected chi connectivity index (χ1v) is 5.98. The Morgan fingerprint density at radius 3 is 2.79 bits per heavy atom. The lowest BCUT2D eigenvalue weighted by Crippen LogP contribution is -2.20. The minimum absolute atomic E-state index is 0.119. The number of nitrogens with two attached hydrogens (primary N) is 1. The molecular formula is C11H9BrF2N4O. The molecule has 0 fully saturated rings. The molecule has 19 heavy (non-hydrogen) atoms. The summed E-state index contributed by atoms with van der Waals surface area (Å²) in [5.41, 5.74) is 5.28. The van der Waals surface area contributed by atoms with Crippen LogP contribution in [0, 0.1) is 11.6 Å². The third-order valence-corrected chi connectivity index (χ3v) is 2.86. The summed E-state index contributed by atoms with van der Waals surface area (Å²) < 4.78 is 27.8. The highest BCUT2D eigenvalue weighted by molar-refractivity contribution is 9.10. The number of nitrogens with one attached hydrogen (secondary N) is 1. The van der Waals surface area contributed by atoms with Crippen LogP contribution in [0.1, 0.15) is 0 Å². The van der Waals surface area contributed by atoms with Gasteiger partial charge < -0.3 is 11.1 Å². The number of carbonyl (C=O) groups is 1. The lowest BCUT2D eigenvalue weighted by atomic mass is 10.3. The Bertz CT molecular complexity index is 606. The minimum atomic E-state index is -0.861. The van der Waals surface area contributed by atoms with E-state index in [2.05, 4.69) is 26.3 Å². The summed E-state index contributed by atoms with van der Waals surface area (Å²) in [6.07, 6.45) is 1.52. The average molecular weight is 331 g/mol. The molecule has 0 aliphatic heterocycles. The Morgan fingerprint density at radius 1 is 1.47 bits per heavy atom. The largest absolute Gasteiger partial charge is 0.382 e. The highest BCUT2D eigenvalue weighted by Crippen LogP contribution is 2.26. The fourth-order valence-electron chi connectivity index (χ4n) is 1.45. The smallest absolute Gasteiger partial charge is 0.246 e. The Kier molecular flexibility index (Phi) is 3.79. The van der Waals surface area contributed by atoms with Crippen molar-refractivity contribution in [1.29, 1.82) is 0 Å². The molecule has 1 aromatic carbocycles. The number of hydrogen-bond acceptors (Lipinski definition) is 3. The zero-order valence-corrected chi connectivity index (χ0v) is 11.1. The molecule has 2 rings (SSSR count). The van der Waals surface area contributed by atoms with Gasteiger partial charge in [-0.25, -0.2) is 8.78 Å². The maximum absolute atomic E-state index is 13.5. The van der Waals surface area contributed by atoms with E-state index in [0.29, 0.717) is 6.07 Å². The van der Waals surface area contributed by atoms with E-state index in [9.17, 15) is 13.6 Å². The molecule has 0 spiro atoms. The van der Waals surface area contributed by atoms with E-state index in [0.717, 1.165) is 6.07 Å². The molecule has 0 aliphatic carbocycles. The summed E-state index contributed by atoms with van der Waals surface area (Å²) in [6.45, 7) is -0.125. The Balaban J connectivity index is 2.11. The molecule has 0 bridgehead atoms. The Morgan fingerprint density at radius 2 is 2.21 bits per heavy atom. The van der Waals surface area contributed by atoms with Crippen molar-refractivity contribution in [3.63, 3.8) is 0 Å². The molecule has 5 nitrogen and oxygen atoms in total. The number of amides is 1. The SMILES string of the molecule is Nc1ccn(CC(=O)Nc2c(F)cc(F)cc2Br)n1. The van der Waals surface area contributed by atoms with Crippen molar-refractivity contribution in [2.75, 3.05) is 11.1 Å². The number of benzene rings is 1. The first-order valence-electron chi connectivity index (χ1n) is 5.19. The van der Waals surface area contributed by atoms with Crippen molar-refractivity contribution in [1.82, 2.24) is 9.78 Å². The van der Waals surface area contributed by atoms with Crippen molar-refractivity contribution in [2.45, 2.75) is 6.54 Å². The van der Waals surface area contributed by atoms with Crippen LogP contribution < -0.4 is 11.1 Å². The van der Waals surface area contributed by atoms with Crippen LogP contribution in [0.4, 0.5) is 20.3 Å². The van der Waals surface area contributed by atoms with Gasteiger partial charge in [0.15, 0.2) is 5.82 Å². The van der Waals surface area contributed by atoms with Crippen molar-refractivity contribution in [3.8, 4) is 0 Å². The summed E-state index contributed by atoms with van der Waals surface area (Å²) in [6, 6.07) is 3.28. The summed E-state index contributed by atoms with van der Waals surface area (Å²) in [5, 5.41) is 6.15.